The van der Waals surface area contributed by atoms with E-state index in [2.05, 4.69) is 90.1 Å². The monoisotopic (exact) mass is 385 g/mol. The number of nitrogens with zero attached hydrogens (tertiary/aromatic N) is 1. The third-order valence-corrected chi connectivity index (χ3v) is 7.83. The molecule has 0 bridgehead atoms. The summed E-state index contributed by atoms with van der Waals surface area (Å²) in [5, 5.41) is 2.68. The molecule has 152 valence electrons. The smallest absolute Gasteiger partial charge is 0.0749 e. The molecule has 1 heteroatoms. The van der Waals surface area contributed by atoms with E-state index in [0.717, 1.165) is 12.8 Å². The van der Waals surface area contributed by atoms with Gasteiger partial charge in [0.25, 0.3) is 0 Å². The maximum Gasteiger partial charge on any atom is 0.0749 e. The fourth-order valence-electron chi connectivity index (χ4n) is 5.66. The van der Waals surface area contributed by atoms with Crippen molar-refractivity contribution in [3.05, 3.63) is 71.6 Å². The van der Waals surface area contributed by atoms with Gasteiger partial charge in [-0.3, -0.25) is 4.98 Å². The van der Waals surface area contributed by atoms with E-state index in [9.17, 15) is 0 Å². The van der Waals surface area contributed by atoms with E-state index >= 15 is 0 Å². The second-order valence-electron chi connectivity index (χ2n) is 9.69. The van der Waals surface area contributed by atoms with Crippen LogP contribution < -0.4 is 0 Å². The van der Waals surface area contributed by atoms with Gasteiger partial charge in [-0.15, -0.1) is 0 Å². The molecule has 0 saturated carbocycles. The third-order valence-electron chi connectivity index (χ3n) is 7.83. The van der Waals surface area contributed by atoms with E-state index in [-0.39, 0.29) is 10.8 Å². The van der Waals surface area contributed by atoms with Crippen LogP contribution in [0.1, 0.15) is 72.1 Å². The average molecular weight is 386 g/mol. The first kappa shape index (κ1) is 20.1. The predicted octanol–water partition coefficient (Wildman–Crippen LogP) is 7.87. The number of aromatic nitrogens is 1. The van der Waals surface area contributed by atoms with Gasteiger partial charge in [-0.1, -0.05) is 90.5 Å². The number of hydrogen-bond acceptors (Lipinski definition) is 1. The summed E-state index contributed by atoms with van der Waals surface area (Å²) < 4.78 is 0. The normalized spacial score (nSPS) is 23.3. The number of pyridine rings is 1. The molecule has 29 heavy (non-hydrogen) atoms. The first-order valence-corrected chi connectivity index (χ1v) is 11.3. The van der Waals surface area contributed by atoms with Crippen LogP contribution in [0.15, 0.2) is 60.3 Å². The minimum absolute atomic E-state index is 0.00905. The largest absolute Gasteiger partial charge is 0.256 e. The number of benzene rings is 1. The first-order chi connectivity index (χ1) is 13.9. The first-order valence-electron chi connectivity index (χ1n) is 11.3. The van der Waals surface area contributed by atoms with Crippen LogP contribution in [0.3, 0.4) is 0 Å². The standard InChI is InChI=1S/C28H35N/c1-7-9-17-28(6,19(3)8-2)23-15-11-14-22-25(23)26-24-20(16-18-29-26)12-10-13-21(24)27(22,4)5/h9-14,16-19,23H,7-8,15H2,1-6H3. The molecule has 0 fully saturated rings. The van der Waals surface area contributed by atoms with Gasteiger partial charge in [0.15, 0.2) is 0 Å². The van der Waals surface area contributed by atoms with E-state index in [1.165, 1.54) is 39.6 Å². The van der Waals surface area contributed by atoms with E-state index in [4.69, 9.17) is 4.98 Å². The van der Waals surface area contributed by atoms with Gasteiger partial charge < -0.3 is 0 Å². The second kappa shape index (κ2) is 7.27. The Bertz CT molecular complexity index is 1010. The molecule has 1 aromatic heterocycles. The number of allylic oxidation sites excluding steroid dienone is 6. The van der Waals surface area contributed by atoms with Crippen LogP contribution in [0, 0.1) is 17.3 Å². The fourth-order valence-corrected chi connectivity index (χ4v) is 5.66. The van der Waals surface area contributed by atoms with Crippen LogP contribution in [0.25, 0.3) is 16.3 Å². The summed E-state index contributed by atoms with van der Waals surface area (Å²) in [5.41, 5.74) is 5.70. The molecule has 1 nitrogen and oxygen atoms in total. The zero-order chi connectivity index (χ0) is 20.8. The van der Waals surface area contributed by atoms with Crippen LogP contribution in [0.5, 0.6) is 0 Å². The third kappa shape index (κ3) is 2.93. The highest BCUT2D eigenvalue weighted by molar-refractivity contribution is 6.00. The maximum absolute atomic E-state index is 5.00. The number of hydrogen-bond donors (Lipinski definition) is 0. The van der Waals surface area contributed by atoms with Crippen LogP contribution in [0.4, 0.5) is 0 Å². The average Bonchev–Trinajstić information content (AvgIpc) is 2.74. The topological polar surface area (TPSA) is 12.9 Å². The highest BCUT2D eigenvalue weighted by Gasteiger charge is 2.45. The Morgan fingerprint density at radius 1 is 1.24 bits per heavy atom. The lowest BCUT2D eigenvalue weighted by Crippen LogP contribution is -2.37. The van der Waals surface area contributed by atoms with Crippen molar-refractivity contribution in [1.29, 1.82) is 0 Å². The van der Waals surface area contributed by atoms with Crippen LogP contribution >= 0.6 is 0 Å². The van der Waals surface area contributed by atoms with Crippen molar-refractivity contribution in [3.63, 3.8) is 0 Å². The Morgan fingerprint density at radius 2 is 2.03 bits per heavy atom. The summed E-state index contributed by atoms with van der Waals surface area (Å²) in [6.45, 7) is 14.3. The zero-order valence-electron chi connectivity index (χ0n) is 18.9. The molecule has 0 aliphatic heterocycles. The van der Waals surface area contributed by atoms with Crippen molar-refractivity contribution in [2.45, 2.75) is 66.2 Å². The lowest BCUT2D eigenvalue weighted by atomic mass is 9.57. The van der Waals surface area contributed by atoms with E-state index in [1.807, 2.05) is 6.20 Å². The van der Waals surface area contributed by atoms with Gasteiger partial charge in [-0.05, 0) is 58.3 Å². The summed E-state index contributed by atoms with van der Waals surface area (Å²) >= 11 is 0. The van der Waals surface area contributed by atoms with Crippen molar-refractivity contribution < 1.29 is 0 Å². The van der Waals surface area contributed by atoms with Crippen molar-refractivity contribution in [1.82, 2.24) is 4.98 Å². The molecule has 0 N–H and O–H groups in total. The second-order valence-corrected chi connectivity index (χ2v) is 9.69. The molecule has 4 rings (SSSR count). The highest BCUT2D eigenvalue weighted by atomic mass is 14.7. The van der Waals surface area contributed by atoms with Crippen LogP contribution in [0.2, 0.25) is 0 Å². The molecule has 1 aromatic carbocycles. The molecule has 2 aliphatic rings. The van der Waals surface area contributed by atoms with E-state index in [0.29, 0.717) is 11.8 Å². The zero-order valence-corrected chi connectivity index (χ0v) is 18.9. The fraction of sp³-hybridized carbons (Fsp3) is 0.464. The quantitative estimate of drug-likeness (QED) is 0.477. The van der Waals surface area contributed by atoms with Gasteiger partial charge in [0, 0.05) is 17.0 Å². The predicted molar refractivity (Wildman–Crippen MR) is 126 cm³/mol. The maximum atomic E-state index is 5.00. The SMILES string of the molecule is CCC=CC(C)(C(C)CC)C1CC=CC2=C1c1nccc3cccc(c13)C2(C)C. The van der Waals surface area contributed by atoms with Crippen molar-refractivity contribution in [2.75, 3.05) is 0 Å². The van der Waals surface area contributed by atoms with Gasteiger partial charge >= 0.3 is 0 Å². The molecule has 0 radical (unpaired) electrons. The Hall–Kier alpha value is -2.15. The summed E-state index contributed by atoms with van der Waals surface area (Å²) in [5.74, 6) is 1.06. The van der Waals surface area contributed by atoms with Gasteiger partial charge in [0.1, 0.15) is 0 Å². The van der Waals surface area contributed by atoms with Crippen LogP contribution in [-0.2, 0) is 5.41 Å². The summed E-state index contributed by atoms with van der Waals surface area (Å²) in [6.07, 6.45) is 15.1. The Morgan fingerprint density at radius 3 is 2.76 bits per heavy atom. The molecule has 2 aromatic rings. The van der Waals surface area contributed by atoms with E-state index < -0.39 is 0 Å². The molecule has 0 amide bonds. The van der Waals surface area contributed by atoms with Crippen LogP contribution in [-0.4, -0.2) is 4.98 Å². The summed E-state index contributed by atoms with van der Waals surface area (Å²) in [6, 6.07) is 8.91. The Labute approximate surface area is 176 Å². The van der Waals surface area contributed by atoms with Gasteiger partial charge in [0.2, 0.25) is 0 Å². The minimum Gasteiger partial charge on any atom is -0.256 e. The number of rotatable bonds is 5. The molecular weight excluding hydrogens is 350 g/mol. The highest BCUT2D eigenvalue weighted by Crippen LogP contribution is 2.56. The summed E-state index contributed by atoms with van der Waals surface area (Å²) in [4.78, 5) is 5.00. The molecule has 1 heterocycles. The lowest BCUT2D eigenvalue weighted by Gasteiger charge is -2.47. The minimum atomic E-state index is -0.00905. The summed E-state index contributed by atoms with van der Waals surface area (Å²) in [7, 11) is 0. The molecule has 3 atom stereocenters. The van der Waals surface area contributed by atoms with Crippen molar-refractivity contribution in [2.24, 2.45) is 17.3 Å². The van der Waals surface area contributed by atoms with Gasteiger partial charge in [0.05, 0.1) is 5.69 Å². The van der Waals surface area contributed by atoms with Crippen molar-refractivity contribution >= 4 is 16.3 Å². The van der Waals surface area contributed by atoms with E-state index in [1.54, 1.807) is 0 Å². The Balaban J connectivity index is 2.02. The molecule has 0 spiro atoms. The molecular formula is C28H35N. The lowest BCUT2D eigenvalue weighted by molar-refractivity contribution is 0.199. The van der Waals surface area contributed by atoms with Gasteiger partial charge in [-0.25, -0.2) is 0 Å². The Kier molecular flexibility index (Phi) is 5.05. The molecule has 0 saturated heterocycles. The molecule has 3 unspecified atom stereocenters. The molecule has 2 aliphatic carbocycles. The van der Waals surface area contributed by atoms with Crippen molar-refractivity contribution in [3.8, 4) is 0 Å². The van der Waals surface area contributed by atoms with Gasteiger partial charge in [-0.2, -0.15) is 0 Å². The number of fused-ring (bicyclic) bond motifs is 1.